The molecule has 1 heterocycles. The van der Waals surface area contributed by atoms with E-state index in [1.165, 1.54) is 27.7 Å². The molecule has 0 radical (unpaired) electrons. The number of allylic oxidation sites excluding steroid dienone is 5. The molecule has 0 aromatic heterocycles. The van der Waals surface area contributed by atoms with Gasteiger partial charge in [0.15, 0.2) is 5.71 Å². The molecule has 3 aromatic rings. The van der Waals surface area contributed by atoms with Crippen molar-refractivity contribution in [2.75, 3.05) is 12.4 Å². The minimum Gasteiger partial charge on any atom is -0.362 e. The second-order valence-electron chi connectivity index (χ2n) is 7.86. The summed E-state index contributed by atoms with van der Waals surface area (Å²) in [5.41, 5.74) is 5.06. The molecule has 29 heavy (non-hydrogen) atoms. The Morgan fingerprint density at radius 3 is 2.34 bits per heavy atom. The van der Waals surface area contributed by atoms with Crippen molar-refractivity contribution in [1.82, 2.24) is 0 Å². The number of benzene rings is 3. The summed E-state index contributed by atoms with van der Waals surface area (Å²) in [7, 11) is 2.16. The lowest BCUT2D eigenvalue weighted by Crippen LogP contribution is -2.26. The van der Waals surface area contributed by atoms with Gasteiger partial charge < -0.3 is 5.32 Å². The van der Waals surface area contributed by atoms with Gasteiger partial charge in [0.25, 0.3) is 0 Å². The van der Waals surface area contributed by atoms with Crippen LogP contribution in [0.5, 0.6) is 0 Å². The van der Waals surface area contributed by atoms with Crippen molar-refractivity contribution in [2.24, 2.45) is 0 Å². The molecule has 1 aliphatic rings. The molecule has 0 aliphatic carbocycles. The predicted octanol–water partition coefficient (Wildman–Crippen LogP) is 6.58. The van der Waals surface area contributed by atoms with Gasteiger partial charge in [-0.25, -0.2) is 0 Å². The quantitative estimate of drug-likeness (QED) is 0.391. The second kappa shape index (κ2) is 7.92. The second-order valence-corrected chi connectivity index (χ2v) is 7.86. The van der Waals surface area contributed by atoms with E-state index in [4.69, 9.17) is 0 Å². The lowest BCUT2D eigenvalue weighted by Gasteiger charge is -2.17. The van der Waals surface area contributed by atoms with Crippen LogP contribution in [0, 0.1) is 0 Å². The Morgan fingerprint density at radius 1 is 0.793 bits per heavy atom. The molecule has 3 aromatic carbocycles. The molecule has 1 aliphatic heterocycles. The molecule has 0 bridgehead atoms. The standard InChI is InChI=1S/C27H26N2/c1-27(2)25(17-9-4-5-12-20-28-22-14-7-6-8-15-22)29(3)24-19-18-21-13-10-11-16-23(21)26(24)27/h4-20H,1-3H3/p+1. The molecule has 2 nitrogen and oxygen atoms in total. The van der Waals surface area contributed by atoms with Crippen LogP contribution in [0.2, 0.25) is 0 Å². The van der Waals surface area contributed by atoms with Crippen LogP contribution < -0.4 is 5.32 Å². The summed E-state index contributed by atoms with van der Waals surface area (Å²) in [6, 6.07) is 23.3. The molecule has 0 saturated carbocycles. The Morgan fingerprint density at radius 2 is 1.52 bits per heavy atom. The Bertz CT molecular complexity index is 1150. The third kappa shape index (κ3) is 3.66. The topological polar surface area (TPSA) is 15.0 Å². The maximum Gasteiger partial charge on any atom is 0.210 e. The Hall–Kier alpha value is -3.39. The molecule has 0 unspecified atom stereocenters. The van der Waals surface area contributed by atoms with E-state index in [1.807, 2.05) is 48.7 Å². The molecule has 0 fully saturated rings. The third-order valence-corrected chi connectivity index (χ3v) is 5.60. The fourth-order valence-corrected chi connectivity index (χ4v) is 4.20. The molecule has 0 amide bonds. The van der Waals surface area contributed by atoms with Crippen molar-refractivity contribution in [1.29, 1.82) is 0 Å². The zero-order valence-electron chi connectivity index (χ0n) is 17.3. The molecule has 1 N–H and O–H groups in total. The molecule has 0 atom stereocenters. The van der Waals surface area contributed by atoms with Gasteiger partial charge in [0, 0.05) is 29.6 Å². The number of hydrogen-bond acceptors (Lipinski definition) is 1. The van der Waals surface area contributed by atoms with Crippen LogP contribution in [0.4, 0.5) is 11.4 Å². The van der Waals surface area contributed by atoms with E-state index in [-0.39, 0.29) is 5.41 Å². The summed E-state index contributed by atoms with van der Waals surface area (Å²) in [5, 5.41) is 5.90. The maximum absolute atomic E-state index is 3.26. The van der Waals surface area contributed by atoms with E-state index in [0.29, 0.717) is 0 Å². The maximum atomic E-state index is 3.26. The SMILES string of the molecule is C[N+]1=C(/C=C/C=C/C=C/Nc2ccccc2)C(C)(C)c2c1ccc1ccccc21. The summed E-state index contributed by atoms with van der Waals surface area (Å²) in [6.07, 6.45) is 12.4. The van der Waals surface area contributed by atoms with Gasteiger partial charge >= 0.3 is 0 Å². The number of rotatable bonds is 5. The van der Waals surface area contributed by atoms with Gasteiger partial charge in [-0.3, -0.25) is 0 Å². The number of fused-ring (bicyclic) bond motifs is 3. The fraction of sp³-hybridized carbons (Fsp3) is 0.148. The zero-order chi connectivity index (χ0) is 20.3. The van der Waals surface area contributed by atoms with Crippen molar-refractivity contribution < 1.29 is 4.58 Å². The highest BCUT2D eigenvalue weighted by Crippen LogP contribution is 2.43. The van der Waals surface area contributed by atoms with Gasteiger partial charge in [-0.05, 0) is 48.9 Å². The van der Waals surface area contributed by atoms with E-state index >= 15 is 0 Å². The normalized spacial score (nSPS) is 15.8. The number of nitrogens with one attached hydrogen (secondary N) is 1. The minimum absolute atomic E-state index is 0.0417. The number of hydrogen-bond donors (Lipinski definition) is 1. The van der Waals surface area contributed by atoms with E-state index in [2.05, 4.69) is 85.4 Å². The molecular weight excluding hydrogens is 352 g/mol. The average Bonchev–Trinajstić information content (AvgIpc) is 2.94. The van der Waals surface area contributed by atoms with Crippen molar-refractivity contribution in [3.05, 3.63) is 109 Å². The fourth-order valence-electron chi connectivity index (χ4n) is 4.20. The molecule has 144 valence electrons. The Labute approximate surface area is 173 Å². The van der Waals surface area contributed by atoms with E-state index in [0.717, 1.165) is 5.69 Å². The van der Waals surface area contributed by atoms with Crippen LogP contribution >= 0.6 is 0 Å². The molecular formula is C27H27N2+. The summed E-state index contributed by atoms with van der Waals surface area (Å²) >= 11 is 0. The highest BCUT2D eigenvalue weighted by molar-refractivity contribution is 6.07. The van der Waals surface area contributed by atoms with Crippen LogP contribution in [-0.2, 0) is 5.41 Å². The summed E-state index contributed by atoms with van der Waals surface area (Å²) < 4.78 is 2.32. The number of nitrogens with zero attached hydrogens (tertiary/aromatic N) is 1. The van der Waals surface area contributed by atoms with Crippen LogP contribution in [0.25, 0.3) is 10.8 Å². The monoisotopic (exact) mass is 379 g/mol. The molecule has 4 rings (SSSR count). The lowest BCUT2D eigenvalue weighted by molar-refractivity contribution is -0.401. The van der Waals surface area contributed by atoms with Crippen LogP contribution in [0.1, 0.15) is 19.4 Å². The van der Waals surface area contributed by atoms with Crippen LogP contribution in [0.3, 0.4) is 0 Å². The third-order valence-electron chi connectivity index (χ3n) is 5.60. The molecule has 2 heteroatoms. The Kier molecular flexibility index (Phi) is 5.18. The van der Waals surface area contributed by atoms with E-state index in [9.17, 15) is 0 Å². The average molecular weight is 380 g/mol. The van der Waals surface area contributed by atoms with Crippen molar-refractivity contribution in [3.63, 3.8) is 0 Å². The van der Waals surface area contributed by atoms with Gasteiger partial charge in [0.05, 0.1) is 5.41 Å². The zero-order valence-corrected chi connectivity index (χ0v) is 17.3. The largest absolute Gasteiger partial charge is 0.362 e. The van der Waals surface area contributed by atoms with E-state index in [1.54, 1.807) is 0 Å². The first-order valence-corrected chi connectivity index (χ1v) is 10.0. The van der Waals surface area contributed by atoms with Crippen molar-refractivity contribution in [2.45, 2.75) is 19.3 Å². The van der Waals surface area contributed by atoms with Gasteiger partial charge in [-0.1, -0.05) is 60.7 Å². The van der Waals surface area contributed by atoms with Gasteiger partial charge in [-0.2, -0.15) is 4.58 Å². The van der Waals surface area contributed by atoms with Crippen molar-refractivity contribution in [3.8, 4) is 0 Å². The summed E-state index contributed by atoms with van der Waals surface area (Å²) in [5.74, 6) is 0. The minimum atomic E-state index is -0.0417. The lowest BCUT2D eigenvalue weighted by atomic mass is 9.79. The van der Waals surface area contributed by atoms with E-state index < -0.39 is 0 Å². The number of para-hydroxylation sites is 1. The Balaban J connectivity index is 1.51. The number of anilines is 1. The first kappa shape index (κ1) is 18.9. The van der Waals surface area contributed by atoms with Crippen LogP contribution in [-0.4, -0.2) is 17.3 Å². The highest BCUT2D eigenvalue weighted by atomic mass is 15.0. The first-order valence-electron chi connectivity index (χ1n) is 10.0. The van der Waals surface area contributed by atoms with Gasteiger partial charge in [-0.15, -0.1) is 0 Å². The van der Waals surface area contributed by atoms with Crippen LogP contribution in [0.15, 0.2) is 103 Å². The summed E-state index contributed by atoms with van der Waals surface area (Å²) in [4.78, 5) is 0. The smallest absolute Gasteiger partial charge is 0.210 e. The highest BCUT2D eigenvalue weighted by Gasteiger charge is 2.43. The van der Waals surface area contributed by atoms with Gasteiger partial charge in [0.2, 0.25) is 5.69 Å². The first-order chi connectivity index (χ1) is 14.1. The van der Waals surface area contributed by atoms with Gasteiger partial charge in [0.1, 0.15) is 7.05 Å². The predicted molar refractivity (Wildman–Crippen MR) is 125 cm³/mol. The molecule has 0 saturated heterocycles. The molecule has 0 spiro atoms. The van der Waals surface area contributed by atoms with Crippen molar-refractivity contribution >= 4 is 27.9 Å². The summed E-state index contributed by atoms with van der Waals surface area (Å²) in [6.45, 7) is 4.63.